The van der Waals surface area contributed by atoms with Crippen LogP contribution in [0.15, 0.2) is 48.5 Å². The molecular weight excluding hydrogens is 299 g/mol. The van der Waals surface area contributed by atoms with Crippen LogP contribution in [0.2, 0.25) is 0 Å². The smallest absolute Gasteiger partial charge is 0.248 e. The van der Waals surface area contributed by atoms with Crippen molar-refractivity contribution >= 4 is 5.91 Å². The van der Waals surface area contributed by atoms with Gasteiger partial charge < -0.3 is 10.5 Å². The number of hydroxylamine groups is 1. The summed E-state index contributed by atoms with van der Waals surface area (Å²) in [6.45, 7) is 2.16. The van der Waals surface area contributed by atoms with Gasteiger partial charge in [0.15, 0.2) is 6.10 Å². The minimum atomic E-state index is -0.696. The second-order valence-corrected chi connectivity index (χ2v) is 5.01. The first-order chi connectivity index (χ1) is 11.1. The predicted molar refractivity (Wildman–Crippen MR) is 83.8 cm³/mol. The third-order valence-corrected chi connectivity index (χ3v) is 3.21. The van der Waals surface area contributed by atoms with E-state index in [1.807, 2.05) is 12.1 Å². The normalized spacial score (nSPS) is 11.9. The average molecular weight is 318 g/mol. The summed E-state index contributed by atoms with van der Waals surface area (Å²) in [5.74, 6) is -0.174. The summed E-state index contributed by atoms with van der Waals surface area (Å²) in [6.07, 6.45) is -0.696. The first-order valence-corrected chi connectivity index (χ1v) is 7.19. The number of hydrogen-bond donors (Lipinski definition) is 2. The lowest BCUT2D eigenvalue weighted by atomic mass is 10.2. The van der Waals surface area contributed by atoms with Crippen molar-refractivity contribution in [3.8, 4) is 5.75 Å². The molecule has 0 saturated heterocycles. The van der Waals surface area contributed by atoms with Gasteiger partial charge >= 0.3 is 0 Å². The molecule has 2 rings (SSSR count). The second kappa shape index (κ2) is 8.26. The zero-order chi connectivity index (χ0) is 16.7. The van der Waals surface area contributed by atoms with E-state index in [1.165, 1.54) is 6.07 Å². The Kier molecular flexibility index (Phi) is 6.08. The highest BCUT2D eigenvalue weighted by atomic mass is 19.1. The van der Waals surface area contributed by atoms with Gasteiger partial charge in [0.25, 0.3) is 0 Å². The van der Waals surface area contributed by atoms with E-state index in [0.717, 1.165) is 5.56 Å². The standard InChI is InChI=1S/C17H19FN2O3/c1-12(17(19)21)23-20-10-13-6-8-15(9-7-13)22-11-14-4-2-3-5-16(14)18/h2-9,12,20H,10-11H2,1H3,(H2,19,21). The molecule has 1 atom stereocenters. The fourth-order valence-corrected chi connectivity index (χ4v) is 1.79. The first-order valence-electron chi connectivity index (χ1n) is 7.19. The molecule has 0 radical (unpaired) electrons. The van der Waals surface area contributed by atoms with E-state index in [2.05, 4.69) is 5.48 Å². The Labute approximate surface area is 134 Å². The minimum Gasteiger partial charge on any atom is -0.489 e. The van der Waals surface area contributed by atoms with Crippen LogP contribution in [0.5, 0.6) is 5.75 Å². The lowest BCUT2D eigenvalue weighted by molar-refractivity contribution is -0.133. The van der Waals surface area contributed by atoms with Crippen LogP contribution >= 0.6 is 0 Å². The molecule has 0 spiro atoms. The summed E-state index contributed by atoms with van der Waals surface area (Å²) in [5.41, 5.74) is 9.21. The second-order valence-electron chi connectivity index (χ2n) is 5.01. The molecule has 23 heavy (non-hydrogen) atoms. The Balaban J connectivity index is 1.80. The van der Waals surface area contributed by atoms with Crippen molar-refractivity contribution in [1.29, 1.82) is 0 Å². The van der Waals surface area contributed by atoms with Crippen molar-refractivity contribution in [2.45, 2.75) is 26.2 Å². The molecule has 5 nitrogen and oxygen atoms in total. The fourth-order valence-electron chi connectivity index (χ4n) is 1.79. The van der Waals surface area contributed by atoms with Crippen LogP contribution in [0.25, 0.3) is 0 Å². The van der Waals surface area contributed by atoms with Crippen LogP contribution in [0.4, 0.5) is 4.39 Å². The van der Waals surface area contributed by atoms with E-state index in [0.29, 0.717) is 17.9 Å². The van der Waals surface area contributed by atoms with Gasteiger partial charge in [-0.15, -0.1) is 0 Å². The molecule has 1 unspecified atom stereocenters. The minimum absolute atomic E-state index is 0.170. The van der Waals surface area contributed by atoms with E-state index in [9.17, 15) is 9.18 Å². The number of primary amides is 1. The van der Waals surface area contributed by atoms with Gasteiger partial charge in [0.1, 0.15) is 18.2 Å². The number of rotatable bonds is 8. The number of ether oxygens (including phenoxy) is 1. The molecule has 2 aromatic rings. The van der Waals surface area contributed by atoms with Crippen molar-refractivity contribution in [2.75, 3.05) is 0 Å². The third kappa shape index (κ3) is 5.36. The number of carbonyl (C=O) groups excluding carboxylic acids is 1. The van der Waals surface area contributed by atoms with Crippen molar-refractivity contribution in [3.63, 3.8) is 0 Å². The number of benzene rings is 2. The van der Waals surface area contributed by atoms with E-state index in [1.54, 1.807) is 37.3 Å². The number of nitrogens with two attached hydrogens (primary N) is 1. The summed E-state index contributed by atoms with van der Waals surface area (Å²) in [5, 5.41) is 0. The van der Waals surface area contributed by atoms with Crippen LogP contribution in [-0.2, 0) is 22.8 Å². The predicted octanol–water partition coefficient (Wildman–Crippen LogP) is 2.30. The molecule has 6 heteroatoms. The first kappa shape index (κ1) is 16.9. The Bertz CT molecular complexity index is 647. The summed E-state index contributed by atoms with van der Waals surface area (Å²) in [7, 11) is 0. The lowest BCUT2D eigenvalue weighted by Crippen LogP contribution is -2.33. The number of carbonyl (C=O) groups is 1. The molecule has 122 valence electrons. The molecule has 0 bridgehead atoms. The molecular formula is C17H19FN2O3. The van der Waals surface area contributed by atoms with Crippen LogP contribution in [-0.4, -0.2) is 12.0 Å². The Hall–Kier alpha value is -2.44. The molecule has 0 heterocycles. The highest BCUT2D eigenvalue weighted by Crippen LogP contribution is 2.15. The third-order valence-electron chi connectivity index (χ3n) is 3.21. The summed E-state index contributed by atoms with van der Waals surface area (Å²) >= 11 is 0. The fraction of sp³-hybridized carbons (Fsp3) is 0.235. The maximum atomic E-state index is 13.5. The maximum absolute atomic E-state index is 13.5. The van der Waals surface area contributed by atoms with Gasteiger partial charge in [0, 0.05) is 12.1 Å². The van der Waals surface area contributed by atoms with E-state index in [4.69, 9.17) is 15.3 Å². The topological polar surface area (TPSA) is 73.6 Å². The van der Waals surface area contributed by atoms with Crippen LogP contribution in [0.1, 0.15) is 18.1 Å². The largest absolute Gasteiger partial charge is 0.489 e. The van der Waals surface area contributed by atoms with Gasteiger partial charge in [-0.2, -0.15) is 5.48 Å². The van der Waals surface area contributed by atoms with E-state index < -0.39 is 12.0 Å². The quantitative estimate of drug-likeness (QED) is 0.733. The van der Waals surface area contributed by atoms with Crippen molar-refractivity contribution < 1.29 is 18.8 Å². The number of hydrogen-bond acceptors (Lipinski definition) is 4. The van der Waals surface area contributed by atoms with Gasteiger partial charge in [0.2, 0.25) is 5.91 Å². The Morgan fingerprint density at radius 2 is 1.91 bits per heavy atom. The molecule has 3 N–H and O–H groups in total. The SMILES string of the molecule is CC(ONCc1ccc(OCc2ccccc2F)cc1)C(N)=O. The lowest BCUT2D eigenvalue weighted by Gasteiger charge is -2.11. The number of nitrogens with one attached hydrogen (secondary N) is 1. The molecule has 0 aliphatic carbocycles. The molecule has 0 aliphatic rings. The van der Waals surface area contributed by atoms with Gasteiger partial charge in [-0.1, -0.05) is 30.3 Å². The zero-order valence-corrected chi connectivity index (χ0v) is 12.8. The molecule has 1 amide bonds. The highest BCUT2D eigenvalue weighted by molar-refractivity contribution is 5.78. The van der Waals surface area contributed by atoms with Crippen LogP contribution in [0.3, 0.4) is 0 Å². The average Bonchev–Trinajstić information content (AvgIpc) is 2.55. The number of halogens is 1. The molecule has 0 aromatic heterocycles. The summed E-state index contributed by atoms with van der Waals surface area (Å²) in [6, 6.07) is 13.8. The molecule has 0 fully saturated rings. The number of amides is 1. The monoisotopic (exact) mass is 318 g/mol. The Morgan fingerprint density at radius 3 is 2.57 bits per heavy atom. The molecule has 2 aromatic carbocycles. The summed E-state index contributed by atoms with van der Waals surface area (Å²) in [4.78, 5) is 15.9. The van der Waals surface area contributed by atoms with Crippen LogP contribution < -0.4 is 16.0 Å². The van der Waals surface area contributed by atoms with Gasteiger partial charge in [0.05, 0.1) is 0 Å². The summed E-state index contributed by atoms with van der Waals surface area (Å²) < 4.78 is 19.0. The van der Waals surface area contributed by atoms with E-state index >= 15 is 0 Å². The van der Waals surface area contributed by atoms with E-state index in [-0.39, 0.29) is 12.4 Å². The zero-order valence-electron chi connectivity index (χ0n) is 12.8. The highest BCUT2D eigenvalue weighted by Gasteiger charge is 2.08. The van der Waals surface area contributed by atoms with Gasteiger partial charge in [-0.3, -0.25) is 9.63 Å². The van der Waals surface area contributed by atoms with Crippen LogP contribution in [0, 0.1) is 5.82 Å². The van der Waals surface area contributed by atoms with Gasteiger partial charge in [-0.25, -0.2) is 4.39 Å². The molecule has 0 aliphatic heterocycles. The maximum Gasteiger partial charge on any atom is 0.248 e. The van der Waals surface area contributed by atoms with Gasteiger partial charge in [-0.05, 0) is 30.7 Å². The van der Waals surface area contributed by atoms with Crippen molar-refractivity contribution in [3.05, 3.63) is 65.5 Å². The van der Waals surface area contributed by atoms with Crippen molar-refractivity contribution in [2.24, 2.45) is 5.73 Å². The van der Waals surface area contributed by atoms with Crippen molar-refractivity contribution in [1.82, 2.24) is 5.48 Å². The Morgan fingerprint density at radius 1 is 1.22 bits per heavy atom. The molecule has 0 saturated carbocycles.